The molecule has 6 nitrogen and oxygen atoms in total. The van der Waals surface area contributed by atoms with Crippen molar-refractivity contribution < 1.29 is 14.4 Å². The van der Waals surface area contributed by atoms with E-state index in [1.165, 1.54) is 12.2 Å². The number of benzene rings is 3. The summed E-state index contributed by atoms with van der Waals surface area (Å²) >= 11 is 0. The van der Waals surface area contributed by atoms with Gasteiger partial charge < -0.3 is 15.1 Å². The van der Waals surface area contributed by atoms with E-state index in [4.69, 9.17) is 0 Å². The number of urea groups is 1. The molecule has 1 fully saturated rings. The first-order valence-electron chi connectivity index (χ1n) is 11.2. The zero-order chi connectivity index (χ0) is 22.8. The first-order chi connectivity index (χ1) is 16.1. The number of allylic oxidation sites excluding steroid dienone is 1. The van der Waals surface area contributed by atoms with Crippen LogP contribution < -0.4 is 5.32 Å². The van der Waals surface area contributed by atoms with E-state index in [0.717, 1.165) is 22.0 Å². The number of piperidine rings is 1. The second kappa shape index (κ2) is 8.90. The molecular formula is C27H25N3O3. The van der Waals surface area contributed by atoms with Crippen molar-refractivity contribution in [3.63, 3.8) is 0 Å². The van der Waals surface area contributed by atoms with Crippen molar-refractivity contribution in [3.8, 4) is 0 Å². The van der Waals surface area contributed by atoms with E-state index in [1.54, 1.807) is 11.0 Å². The molecule has 0 saturated carbocycles. The SMILES string of the molecule is O=C(/C=C/C(=O)N1CCC(N2Cc3ccccc3NC2=O)CC1)c1cccc2ccccc12. The number of nitrogens with one attached hydrogen (secondary N) is 1. The fourth-order valence-corrected chi connectivity index (χ4v) is 4.70. The van der Waals surface area contributed by atoms with Crippen LogP contribution in [0, 0.1) is 0 Å². The van der Waals surface area contributed by atoms with Gasteiger partial charge in [-0.3, -0.25) is 9.59 Å². The highest BCUT2D eigenvalue weighted by Crippen LogP contribution is 2.27. The summed E-state index contributed by atoms with van der Waals surface area (Å²) in [7, 11) is 0. The first kappa shape index (κ1) is 20.9. The molecule has 3 aromatic carbocycles. The molecule has 0 unspecified atom stereocenters. The first-order valence-corrected chi connectivity index (χ1v) is 11.2. The van der Waals surface area contributed by atoms with Crippen LogP contribution >= 0.6 is 0 Å². The van der Waals surface area contributed by atoms with Gasteiger partial charge >= 0.3 is 6.03 Å². The van der Waals surface area contributed by atoms with Crippen molar-refractivity contribution in [3.05, 3.63) is 90.0 Å². The lowest BCUT2D eigenvalue weighted by Gasteiger charge is -2.40. The summed E-state index contributed by atoms with van der Waals surface area (Å²) in [4.78, 5) is 41.6. The Morgan fingerprint density at radius 3 is 2.45 bits per heavy atom. The van der Waals surface area contributed by atoms with E-state index in [0.29, 0.717) is 38.0 Å². The van der Waals surface area contributed by atoms with Crippen molar-refractivity contribution >= 4 is 34.2 Å². The van der Waals surface area contributed by atoms with Gasteiger partial charge in [0.1, 0.15) is 0 Å². The molecule has 33 heavy (non-hydrogen) atoms. The average Bonchev–Trinajstić information content (AvgIpc) is 2.86. The van der Waals surface area contributed by atoms with E-state index in [2.05, 4.69) is 5.32 Å². The number of ketones is 1. The van der Waals surface area contributed by atoms with Gasteiger partial charge in [0.2, 0.25) is 5.91 Å². The average molecular weight is 440 g/mol. The van der Waals surface area contributed by atoms with E-state index in [-0.39, 0.29) is 23.8 Å². The third-order valence-corrected chi connectivity index (χ3v) is 6.51. The Bertz CT molecular complexity index is 1250. The Morgan fingerprint density at radius 1 is 0.879 bits per heavy atom. The maximum Gasteiger partial charge on any atom is 0.322 e. The largest absolute Gasteiger partial charge is 0.339 e. The number of rotatable bonds is 4. The predicted octanol–water partition coefficient (Wildman–Crippen LogP) is 4.62. The Morgan fingerprint density at radius 2 is 1.61 bits per heavy atom. The molecule has 0 aromatic heterocycles. The molecule has 0 bridgehead atoms. The van der Waals surface area contributed by atoms with Crippen molar-refractivity contribution in [1.82, 2.24) is 9.80 Å². The van der Waals surface area contributed by atoms with Crippen LogP contribution in [0.15, 0.2) is 78.9 Å². The van der Waals surface area contributed by atoms with Gasteiger partial charge in [-0.1, -0.05) is 60.7 Å². The molecule has 166 valence electrons. The molecule has 6 heteroatoms. The van der Waals surface area contributed by atoms with Gasteiger partial charge in [-0.15, -0.1) is 0 Å². The van der Waals surface area contributed by atoms with Crippen LogP contribution in [-0.4, -0.2) is 46.7 Å². The van der Waals surface area contributed by atoms with Crippen LogP contribution in [0.1, 0.15) is 28.8 Å². The zero-order valence-corrected chi connectivity index (χ0v) is 18.2. The third kappa shape index (κ3) is 4.24. The van der Waals surface area contributed by atoms with Gasteiger partial charge in [-0.05, 0) is 41.3 Å². The number of para-hydroxylation sites is 1. The Balaban J connectivity index is 1.20. The van der Waals surface area contributed by atoms with Gasteiger partial charge in [0.25, 0.3) is 0 Å². The fraction of sp³-hybridized carbons (Fsp3) is 0.222. The number of carbonyl (C=O) groups is 3. The monoisotopic (exact) mass is 439 g/mol. The van der Waals surface area contributed by atoms with E-state index in [1.807, 2.05) is 65.6 Å². The van der Waals surface area contributed by atoms with Gasteiger partial charge in [-0.25, -0.2) is 4.79 Å². The summed E-state index contributed by atoms with van der Waals surface area (Å²) in [6.07, 6.45) is 4.17. The molecule has 5 rings (SSSR count). The minimum Gasteiger partial charge on any atom is -0.339 e. The smallest absolute Gasteiger partial charge is 0.322 e. The van der Waals surface area contributed by atoms with Gasteiger partial charge in [0.05, 0.1) is 0 Å². The molecule has 2 aliphatic heterocycles. The lowest BCUT2D eigenvalue weighted by atomic mass is 10.00. The summed E-state index contributed by atoms with van der Waals surface area (Å²) in [6, 6.07) is 21.2. The normalized spacial score (nSPS) is 16.7. The standard InChI is InChI=1S/C27H25N3O3/c31-25(23-10-5-8-19-6-1-3-9-22(19)23)12-13-26(32)29-16-14-21(15-17-29)30-18-20-7-2-4-11-24(20)28-27(30)33/h1-13,21H,14-18H2,(H,28,33)/b13-12+. The van der Waals surface area contributed by atoms with Crippen LogP contribution in [0.3, 0.4) is 0 Å². The van der Waals surface area contributed by atoms with E-state index in [9.17, 15) is 14.4 Å². The Hall–Kier alpha value is -3.93. The van der Waals surface area contributed by atoms with Crippen LogP contribution in [0.2, 0.25) is 0 Å². The quantitative estimate of drug-likeness (QED) is 0.476. The molecule has 0 atom stereocenters. The summed E-state index contributed by atoms with van der Waals surface area (Å²) in [5, 5.41) is 4.83. The summed E-state index contributed by atoms with van der Waals surface area (Å²) in [5.41, 5.74) is 2.56. The van der Waals surface area contributed by atoms with Crippen molar-refractivity contribution in [1.29, 1.82) is 0 Å². The number of likely N-dealkylation sites (tertiary alicyclic amines) is 1. The molecule has 3 amide bonds. The van der Waals surface area contributed by atoms with Crippen LogP contribution in [0.4, 0.5) is 10.5 Å². The number of amides is 3. The lowest BCUT2D eigenvalue weighted by Crippen LogP contribution is -2.50. The number of hydrogen-bond donors (Lipinski definition) is 1. The number of nitrogens with zero attached hydrogens (tertiary/aromatic N) is 2. The molecule has 0 spiro atoms. The number of carbonyl (C=O) groups excluding carboxylic acids is 3. The van der Waals surface area contributed by atoms with Gasteiger partial charge in [-0.2, -0.15) is 0 Å². The van der Waals surface area contributed by atoms with Crippen molar-refractivity contribution in [2.75, 3.05) is 18.4 Å². The van der Waals surface area contributed by atoms with E-state index < -0.39 is 0 Å². The highest BCUT2D eigenvalue weighted by molar-refractivity contribution is 6.14. The van der Waals surface area contributed by atoms with Gasteiger partial charge in [0.15, 0.2) is 5.78 Å². The molecule has 1 saturated heterocycles. The topological polar surface area (TPSA) is 69.7 Å². The molecule has 2 heterocycles. The second-order valence-corrected chi connectivity index (χ2v) is 8.50. The summed E-state index contributed by atoms with van der Waals surface area (Å²) in [6.45, 7) is 1.70. The maximum atomic E-state index is 12.7. The molecule has 1 N–H and O–H groups in total. The van der Waals surface area contributed by atoms with E-state index >= 15 is 0 Å². The Kier molecular flexibility index (Phi) is 5.65. The maximum absolute atomic E-state index is 12.7. The fourth-order valence-electron chi connectivity index (χ4n) is 4.70. The minimum atomic E-state index is -0.182. The highest BCUT2D eigenvalue weighted by atomic mass is 16.2. The van der Waals surface area contributed by atoms with Crippen molar-refractivity contribution in [2.45, 2.75) is 25.4 Å². The van der Waals surface area contributed by atoms with Crippen molar-refractivity contribution in [2.24, 2.45) is 0 Å². The number of fused-ring (bicyclic) bond motifs is 2. The predicted molar refractivity (Wildman–Crippen MR) is 128 cm³/mol. The molecular weight excluding hydrogens is 414 g/mol. The summed E-state index contributed by atoms with van der Waals surface area (Å²) in [5.74, 6) is -0.353. The van der Waals surface area contributed by atoms with Crippen LogP contribution in [0.25, 0.3) is 10.8 Å². The second-order valence-electron chi connectivity index (χ2n) is 8.50. The zero-order valence-electron chi connectivity index (χ0n) is 18.2. The van der Waals surface area contributed by atoms with Crippen LogP contribution in [-0.2, 0) is 11.3 Å². The number of hydrogen-bond acceptors (Lipinski definition) is 3. The number of anilines is 1. The third-order valence-electron chi connectivity index (χ3n) is 6.51. The lowest BCUT2D eigenvalue weighted by molar-refractivity contribution is -0.127. The summed E-state index contributed by atoms with van der Waals surface area (Å²) < 4.78 is 0. The molecule has 0 radical (unpaired) electrons. The van der Waals surface area contributed by atoms with Gasteiger partial charge in [0, 0.05) is 43.0 Å². The van der Waals surface area contributed by atoms with Crippen LogP contribution in [0.5, 0.6) is 0 Å². The molecule has 0 aliphatic carbocycles. The molecule has 3 aromatic rings. The highest BCUT2D eigenvalue weighted by Gasteiger charge is 2.32. The minimum absolute atomic E-state index is 0.0842. The Labute approximate surface area is 192 Å². The molecule has 2 aliphatic rings.